The van der Waals surface area contributed by atoms with Gasteiger partial charge in [0.05, 0.1) is 11.1 Å². The smallest absolute Gasteiger partial charge is 0.369 e. The van der Waals surface area contributed by atoms with E-state index in [-0.39, 0.29) is 24.1 Å². The molecule has 0 amide bonds. The van der Waals surface area contributed by atoms with Gasteiger partial charge in [-0.2, -0.15) is 13.2 Å². The lowest BCUT2D eigenvalue weighted by atomic mass is 10.0. The highest BCUT2D eigenvalue weighted by molar-refractivity contribution is 5.83. The number of pyridine rings is 1. The van der Waals surface area contributed by atoms with Crippen LogP contribution >= 0.6 is 0 Å². The van der Waals surface area contributed by atoms with Gasteiger partial charge in [-0.15, -0.1) is 0 Å². The molecule has 192 valence electrons. The SMILES string of the molecule is CN1CCN(c2ccc(Nc3ccc4ccc(=O)n(CCc5ccccc5C(F)(F)F)c4c3)cc2)CC1. The second-order valence-electron chi connectivity index (χ2n) is 9.46. The molecule has 1 aliphatic heterocycles. The molecule has 1 aliphatic rings. The maximum Gasteiger partial charge on any atom is 0.416 e. The number of likely N-dealkylation sites (N-methyl/N-ethyl adjacent to an activating group) is 1. The summed E-state index contributed by atoms with van der Waals surface area (Å²) in [7, 11) is 2.13. The number of rotatable bonds is 6. The Hall–Kier alpha value is -3.78. The Labute approximate surface area is 213 Å². The lowest BCUT2D eigenvalue weighted by molar-refractivity contribution is -0.138. The average Bonchev–Trinajstić information content (AvgIpc) is 2.89. The third-order valence-corrected chi connectivity index (χ3v) is 6.94. The van der Waals surface area contributed by atoms with Crippen molar-refractivity contribution >= 4 is 28.0 Å². The minimum atomic E-state index is -4.43. The van der Waals surface area contributed by atoms with Crippen LogP contribution in [-0.2, 0) is 19.1 Å². The summed E-state index contributed by atoms with van der Waals surface area (Å²) in [5.74, 6) is 0. The minimum absolute atomic E-state index is 0.0973. The van der Waals surface area contributed by atoms with E-state index in [1.807, 2.05) is 30.3 Å². The monoisotopic (exact) mass is 506 g/mol. The summed E-state index contributed by atoms with van der Waals surface area (Å²) in [6, 6.07) is 22.7. The maximum atomic E-state index is 13.4. The van der Waals surface area contributed by atoms with Crippen LogP contribution in [0.25, 0.3) is 10.9 Å². The van der Waals surface area contributed by atoms with Gasteiger partial charge in [-0.1, -0.05) is 24.3 Å². The molecule has 0 aliphatic carbocycles. The van der Waals surface area contributed by atoms with Gasteiger partial charge >= 0.3 is 6.18 Å². The number of fused-ring (bicyclic) bond motifs is 1. The van der Waals surface area contributed by atoms with Gasteiger partial charge in [-0.05, 0) is 72.9 Å². The van der Waals surface area contributed by atoms with Crippen LogP contribution in [0.5, 0.6) is 0 Å². The molecule has 3 aromatic carbocycles. The zero-order valence-electron chi connectivity index (χ0n) is 20.6. The second-order valence-corrected chi connectivity index (χ2v) is 9.46. The first-order valence-corrected chi connectivity index (χ1v) is 12.4. The van der Waals surface area contributed by atoms with Crippen molar-refractivity contribution in [2.75, 3.05) is 43.4 Å². The van der Waals surface area contributed by atoms with Gasteiger partial charge in [-0.3, -0.25) is 4.79 Å². The molecule has 8 heteroatoms. The van der Waals surface area contributed by atoms with E-state index in [0.29, 0.717) is 5.52 Å². The summed E-state index contributed by atoms with van der Waals surface area (Å²) < 4.78 is 41.8. The number of anilines is 3. The Balaban J connectivity index is 1.36. The molecule has 0 bridgehead atoms. The summed E-state index contributed by atoms with van der Waals surface area (Å²) in [4.78, 5) is 17.4. The number of piperazine rings is 1. The van der Waals surface area contributed by atoms with Crippen LogP contribution in [-0.4, -0.2) is 42.7 Å². The second kappa shape index (κ2) is 10.3. The number of nitrogens with zero attached hydrogens (tertiary/aromatic N) is 3. The number of nitrogens with one attached hydrogen (secondary N) is 1. The summed E-state index contributed by atoms with van der Waals surface area (Å²) in [5.41, 5.74) is 2.85. The van der Waals surface area contributed by atoms with Crippen LogP contribution in [0, 0.1) is 0 Å². The zero-order chi connectivity index (χ0) is 26.0. The van der Waals surface area contributed by atoms with Gasteiger partial charge in [0.25, 0.3) is 5.56 Å². The standard InChI is InChI=1S/C29H29F3N4O/c1-34-16-18-35(19-17-34)25-11-9-23(10-12-25)33-24-8-6-22-7-13-28(37)36(27(22)20-24)15-14-21-4-2-3-5-26(21)29(30,31)32/h2-13,20,33H,14-19H2,1H3. The van der Waals surface area contributed by atoms with E-state index in [4.69, 9.17) is 0 Å². The van der Waals surface area contributed by atoms with Gasteiger partial charge in [0, 0.05) is 55.9 Å². The summed E-state index contributed by atoms with van der Waals surface area (Å²) in [6.45, 7) is 4.23. The number of hydrogen-bond donors (Lipinski definition) is 1. The minimum Gasteiger partial charge on any atom is -0.369 e. The first-order chi connectivity index (χ1) is 17.8. The van der Waals surface area contributed by atoms with E-state index < -0.39 is 11.7 Å². The molecular formula is C29H29F3N4O. The first-order valence-electron chi connectivity index (χ1n) is 12.4. The van der Waals surface area contributed by atoms with Crippen molar-refractivity contribution in [1.29, 1.82) is 0 Å². The molecule has 5 rings (SSSR count). The fourth-order valence-corrected chi connectivity index (χ4v) is 4.83. The Bertz CT molecular complexity index is 1440. The van der Waals surface area contributed by atoms with Crippen LogP contribution in [0.2, 0.25) is 0 Å². The number of halogens is 3. The molecular weight excluding hydrogens is 477 g/mol. The molecule has 4 aromatic rings. The molecule has 1 saturated heterocycles. The van der Waals surface area contributed by atoms with Crippen molar-refractivity contribution in [1.82, 2.24) is 9.47 Å². The van der Waals surface area contributed by atoms with Crippen LogP contribution in [0.3, 0.4) is 0 Å². The highest BCUT2D eigenvalue weighted by Crippen LogP contribution is 2.32. The molecule has 2 heterocycles. The Morgan fingerprint density at radius 1 is 0.838 bits per heavy atom. The van der Waals surface area contributed by atoms with Crippen molar-refractivity contribution in [2.45, 2.75) is 19.1 Å². The Morgan fingerprint density at radius 3 is 2.24 bits per heavy atom. The first kappa shape index (κ1) is 24.9. The number of alkyl halides is 3. The van der Waals surface area contributed by atoms with Gasteiger partial charge in [0.15, 0.2) is 0 Å². The molecule has 5 nitrogen and oxygen atoms in total. The fraction of sp³-hybridized carbons (Fsp3) is 0.276. The van der Waals surface area contributed by atoms with Crippen molar-refractivity contribution in [3.8, 4) is 0 Å². The van der Waals surface area contributed by atoms with Gasteiger partial charge in [0.1, 0.15) is 0 Å². The van der Waals surface area contributed by atoms with Gasteiger partial charge in [-0.25, -0.2) is 0 Å². The molecule has 37 heavy (non-hydrogen) atoms. The summed E-state index contributed by atoms with van der Waals surface area (Å²) >= 11 is 0. The number of aryl methyl sites for hydroxylation is 2. The van der Waals surface area contributed by atoms with Crippen LogP contribution < -0.4 is 15.8 Å². The van der Waals surface area contributed by atoms with Crippen LogP contribution in [0.1, 0.15) is 11.1 Å². The molecule has 0 radical (unpaired) electrons. The number of aromatic nitrogens is 1. The van der Waals surface area contributed by atoms with Crippen molar-refractivity contribution in [3.05, 3.63) is 100 Å². The van der Waals surface area contributed by atoms with Crippen molar-refractivity contribution < 1.29 is 13.2 Å². The predicted molar refractivity (Wildman–Crippen MR) is 143 cm³/mol. The fourth-order valence-electron chi connectivity index (χ4n) is 4.83. The summed E-state index contributed by atoms with van der Waals surface area (Å²) in [6.07, 6.45) is -4.34. The average molecular weight is 507 g/mol. The third-order valence-electron chi connectivity index (χ3n) is 6.94. The lowest BCUT2D eigenvalue weighted by Crippen LogP contribution is -2.44. The molecule has 0 saturated carbocycles. The molecule has 1 aromatic heterocycles. The van der Waals surface area contributed by atoms with Crippen molar-refractivity contribution in [2.24, 2.45) is 0 Å². The normalized spacial score (nSPS) is 14.8. The number of benzene rings is 3. The molecule has 0 atom stereocenters. The van der Waals surface area contributed by atoms with Crippen molar-refractivity contribution in [3.63, 3.8) is 0 Å². The van der Waals surface area contributed by atoms with E-state index in [1.165, 1.54) is 23.9 Å². The van der Waals surface area contributed by atoms with E-state index in [0.717, 1.165) is 49.0 Å². The van der Waals surface area contributed by atoms with Gasteiger partial charge in [0.2, 0.25) is 0 Å². The van der Waals surface area contributed by atoms with Gasteiger partial charge < -0.3 is 19.7 Å². The maximum absolute atomic E-state index is 13.4. The molecule has 0 spiro atoms. The third kappa shape index (κ3) is 5.64. The summed E-state index contributed by atoms with van der Waals surface area (Å²) in [5, 5.41) is 4.24. The van der Waals surface area contributed by atoms with Crippen LogP contribution in [0.15, 0.2) is 83.7 Å². The largest absolute Gasteiger partial charge is 0.416 e. The van der Waals surface area contributed by atoms with E-state index in [1.54, 1.807) is 16.7 Å². The molecule has 1 fully saturated rings. The van der Waals surface area contributed by atoms with E-state index in [9.17, 15) is 18.0 Å². The van der Waals surface area contributed by atoms with E-state index in [2.05, 4.69) is 34.3 Å². The molecule has 0 unspecified atom stereocenters. The number of hydrogen-bond acceptors (Lipinski definition) is 4. The quantitative estimate of drug-likeness (QED) is 0.361. The molecule has 1 N–H and O–H groups in total. The Morgan fingerprint density at radius 2 is 1.51 bits per heavy atom. The lowest BCUT2D eigenvalue weighted by Gasteiger charge is -2.34. The highest BCUT2D eigenvalue weighted by Gasteiger charge is 2.32. The topological polar surface area (TPSA) is 40.5 Å². The highest BCUT2D eigenvalue weighted by atomic mass is 19.4. The zero-order valence-corrected chi connectivity index (χ0v) is 20.6. The Kier molecular flexibility index (Phi) is 6.93. The predicted octanol–water partition coefficient (Wildman–Crippen LogP) is 5.76. The van der Waals surface area contributed by atoms with Crippen LogP contribution in [0.4, 0.5) is 30.2 Å². The van der Waals surface area contributed by atoms with E-state index >= 15 is 0 Å².